The van der Waals surface area contributed by atoms with Gasteiger partial charge in [-0.05, 0) is 24.0 Å². The molecule has 1 saturated heterocycles. The van der Waals surface area contributed by atoms with E-state index in [4.69, 9.17) is 0 Å². The Morgan fingerprint density at radius 2 is 1.87 bits per heavy atom. The second kappa shape index (κ2) is 3.35. The zero-order valence-electron chi connectivity index (χ0n) is 8.57. The molecule has 78 valence electrons. The van der Waals surface area contributed by atoms with Crippen LogP contribution >= 0.6 is 0 Å². The van der Waals surface area contributed by atoms with Gasteiger partial charge in [-0.25, -0.2) is 5.01 Å². The topological polar surface area (TPSA) is 32.3 Å². The first kappa shape index (κ1) is 8.92. The Hall–Kier alpha value is -1.35. The summed E-state index contributed by atoms with van der Waals surface area (Å²) in [6.07, 6.45) is 2.78. The Labute approximate surface area is 89.1 Å². The number of carbonyl (C=O) groups is 1. The summed E-state index contributed by atoms with van der Waals surface area (Å²) in [4.78, 5) is 11.1. The first-order chi connectivity index (χ1) is 7.33. The van der Waals surface area contributed by atoms with E-state index in [1.165, 1.54) is 11.1 Å². The number of amides is 1. The number of fused-ring (bicyclic) bond motifs is 1. The average Bonchev–Trinajstić information content (AvgIpc) is 2.82. The molecule has 3 nitrogen and oxygen atoms in total. The minimum Gasteiger partial charge on any atom is -0.289 e. The number of nitrogens with zero attached hydrogens (tertiary/aromatic N) is 1. The van der Waals surface area contributed by atoms with Crippen LogP contribution in [0.4, 0.5) is 0 Å². The summed E-state index contributed by atoms with van der Waals surface area (Å²) in [5, 5.41) is 2.10. The van der Waals surface area contributed by atoms with Gasteiger partial charge < -0.3 is 0 Å². The Bertz CT molecular complexity index is 377. The lowest BCUT2D eigenvalue weighted by molar-refractivity contribution is -0.121. The van der Waals surface area contributed by atoms with Gasteiger partial charge >= 0.3 is 0 Å². The molecule has 0 aromatic heterocycles. The van der Waals surface area contributed by atoms with Crippen molar-refractivity contribution in [3.05, 3.63) is 35.4 Å². The highest BCUT2D eigenvalue weighted by molar-refractivity contribution is 5.77. The summed E-state index contributed by atoms with van der Waals surface area (Å²) in [6, 6.07) is 9.02. The Kier molecular flexibility index (Phi) is 1.99. The zero-order valence-corrected chi connectivity index (χ0v) is 8.57. The van der Waals surface area contributed by atoms with Crippen LogP contribution in [-0.2, 0) is 17.6 Å². The average molecular weight is 202 g/mol. The van der Waals surface area contributed by atoms with Gasteiger partial charge in [0.15, 0.2) is 0 Å². The molecule has 1 aromatic rings. The first-order valence-electron chi connectivity index (χ1n) is 5.46. The quantitative estimate of drug-likeness (QED) is 0.733. The third kappa shape index (κ3) is 1.53. The monoisotopic (exact) mass is 202 g/mol. The molecule has 0 saturated carbocycles. The van der Waals surface area contributed by atoms with E-state index in [-0.39, 0.29) is 5.91 Å². The van der Waals surface area contributed by atoms with Gasteiger partial charge in [0.25, 0.3) is 0 Å². The van der Waals surface area contributed by atoms with Crippen molar-refractivity contribution in [2.24, 2.45) is 0 Å². The van der Waals surface area contributed by atoms with Gasteiger partial charge in [-0.2, -0.15) is 0 Å². The smallest absolute Gasteiger partial charge is 0.235 e. The van der Waals surface area contributed by atoms with Crippen LogP contribution in [0.5, 0.6) is 0 Å². The second-order valence-electron chi connectivity index (χ2n) is 4.31. The molecule has 0 bridgehead atoms. The van der Waals surface area contributed by atoms with Crippen molar-refractivity contribution < 1.29 is 4.79 Å². The summed E-state index contributed by atoms with van der Waals surface area (Å²) in [5.74, 6) is 0.158. The predicted octanol–water partition coefficient (Wildman–Crippen LogP) is 0.891. The second-order valence-corrected chi connectivity index (χ2v) is 4.31. The summed E-state index contributed by atoms with van der Waals surface area (Å²) in [5.41, 5.74) is 5.79. The molecular formula is C12H14N2O. The lowest BCUT2D eigenvalue weighted by Crippen LogP contribution is -2.42. The van der Waals surface area contributed by atoms with Gasteiger partial charge in [0, 0.05) is 19.0 Å². The third-order valence-electron chi connectivity index (χ3n) is 3.32. The molecule has 3 heteroatoms. The highest BCUT2D eigenvalue weighted by Crippen LogP contribution is 2.25. The SMILES string of the molecule is O=C1CCN(C2Cc3ccccc3C2)N1. The van der Waals surface area contributed by atoms with Crippen molar-refractivity contribution in [3.8, 4) is 0 Å². The maximum atomic E-state index is 11.1. The van der Waals surface area contributed by atoms with Crippen LogP contribution < -0.4 is 5.43 Å². The molecule has 2 aliphatic rings. The highest BCUT2D eigenvalue weighted by Gasteiger charge is 2.30. The molecule has 1 aromatic carbocycles. The number of nitrogens with one attached hydrogen (secondary N) is 1. The van der Waals surface area contributed by atoms with Crippen LogP contribution in [0.15, 0.2) is 24.3 Å². The standard InChI is InChI=1S/C12H14N2O/c15-12-5-6-14(13-12)11-7-9-3-1-2-4-10(9)8-11/h1-4,11H,5-8H2,(H,13,15). The Balaban J connectivity index is 1.76. The summed E-state index contributed by atoms with van der Waals surface area (Å²) < 4.78 is 0. The lowest BCUT2D eigenvalue weighted by Gasteiger charge is -2.22. The summed E-state index contributed by atoms with van der Waals surface area (Å²) >= 11 is 0. The third-order valence-corrected chi connectivity index (χ3v) is 3.32. The van der Waals surface area contributed by atoms with Crippen molar-refractivity contribution in [2.45, 2.75) is 25.3 Å². The van der Waals surface area contributed by atoms with Crippen molar-refractivity contribution in [2.75, 3.05) is 6.54 Å². The van der Waals surface area contributed by atoms with Crippen LogP contribution in [0.2, 0.25) is 0 Å². The first-order valence-corrected chi connectivity index (χ1v) is 5.46. The van der Waals surface area contributed by atoms with E-state index >= 15 is 0 Å². The van der Waals surface area contributed by atoms with Crippen LogP contribution in [0.3, 0.4) is 0 Å². The van der Waals surface area contributed by atoms with Gasteiger partial charge in [-0.1, -0.05) is 24.3 Å². The van der Waals surface area contributed by atoms with Gasteiger partial charge in [0.05, 0.1) is 0 Å². The maximum Gasteiger partial charge on any atom is 0.235 e. The summed E-state index contributed by atoms with van der Waals surface area (Å²) in [7, 11) is 0. The molecule has 0 radical (unpaired) electrons. The molecule has 0 spiro atoms. The van der Waals surface area contributed by atoms with E-state index in [9.17, 15) is 4.79 Å². The molecular weight excluding hydrogens is 188 g/mol. The number of rotatable bonds is 1. The highest BCUT2D eigenvalue weighted by atomic mass is 16.2. The van der Waals surface area contributed by atoms with E-state index < -0.39 is 0 Å². The van der Waals surface area contributed by atoms with Crippen LogP contribution in [-0.4, -0.2) is 23.5 Å². The number of benzene rings is 1. The number of hydrogen-bond acceptors (Lipinski definition) is 2. The van der Waals surface area contributed by atoms with Crippen LogP contribution in [0.25, 0.3) is 0 Å². The van der Waals surface area contributed by atoms with Crippen molar-refractivity contribution in [1.29, 1.82) is 0 Å². The van der Waals surface area contributed by atoms with E-state index in [0.717, 1.165) is 19.4 Å². The van der Waals surface area contributed by atoms with Crippen molar-refractivity contribution in [1.82, 2.24) is 10.4 Å². The molecule has 1 N–H and O–H groups in total. The van der Waals surface area contributed by atoms with Gasteiger partial charge in [0.1, 0.15) is 0 Å². The molecule has 1 aliphatic heterocycles. The maximum absolute atomic E-state index is 11.1. The fraction of sp³-hybridized carbons (Fsp3) is 0.417. The lowest BCUT2D eigenvalue weighted by atomic mass is 10.1. The zero-order chi connectivity index (χ0) is 10.3. The number of hydrogen-bond donors (Lipinski definition) is 1. The van der Waals surface area contributed by atoms with E-state index in [2.05, 4.69) is 34.7 Å². The molecule has 3 rings (SSSR count). The summed E-state index contributed by atoms with van der Waals surface area (Å²) in [6.45, 7) is 0.859. The van der Waals surface area contributed by atoms with Gasteiger partial charge in [0.2, 0.25) is 5.91 Å². The minimum absolute atomic E-state index is 0.158. The predicted molar refractivity (Wildman–Crippen MR) is 57.1 cm³/mol. The number of hydrazine groups is 1. The molecule has 15 heavy (non-hydrogen) atoms. The van der Waals surface area contributed by atoms with Gasteiger partial charge in [-0.15, -0.1) is 0 Å². The minimum atomic E-state index is 0.158. The largest absolute Gasteiger partial charge is 0.289 e. The Morgan fingerprint density at radius 3 is 2.40 bits per heavy atom. The Morgan fingerprint density at radius 1 is 1.20 bits per heavy atom. The van der Waals surface area contributed by atoms with E-state index in [0.29, 0.717) is 12.5 Å². The molecule has 1 aliphatic carbocycles. The van der Waals surface area contributed by atoms with Gasteiger partial charge in [-0.3, -0.25) is 10.2 Å². The number of carbonyl (C=O) groups excluding carboxylic acids is 1. The molecule has 1 amide bonds. The normalized spacial score (nSPS) is 21.7. The fourth-order valence-electron chi connectivity index (χ4n) is 2.52. The van der Waals surface area contributed by atoms with E-state index in [1.807, 2.05) is 0 Å². The fourth-order valence-corrected chi connectivity index (χ4v) is 2.52. The van der Waals surface area contributed by atoms with Crippen LogP contribution in [0, 0.1) is 0 Å². The molecule has 1 fully saturated rings. The molecule has 0 unspecified atom stereocenters. The molecule has 0 atom stereocenters. The molecule has 1 heterocycles. The van der Waals surface area contributed by atoms with Crippen LogP contribution in [0.1, 0.15) is 17.5 Å². The van der Waals surface area contributed by atoms with Crippen molar-refractivity contribution in [3.63, 3.8) is 0 Å². The van der Waals surface area contributed by atoms with Crippen molar-refractivity contribution >= 4 is 5.91 Å². The van der Waals surface area contributed by atoms with E-state index in [1.54, 1.807) is 0 Å².